The van der Waals surface area contributed by atoms with Crippen molar-refractivity contribution in [2.24, 2.45) is 5.92 Å². The zero-order valence-corrected chi connectivity index (χ0v) is 15.7. The maximum absolute atomic E-state index is 12.7. The van der Waals surface area contributed by atoms with Gasteiger partial charge < -0.3 is 14.5 Å². The summed E-state index contributed by atoms with van der Waals surface area (Å²) in [6.45, 7) is 3.40. The van der Waals surface area contributed by atoms with Crippen molar-refractivity contribution in [3.63, 3.8) is 0 Å². The van der Waals surface area contributed by atoms with Crippen LogP contribution in [0.3, 0.4) is 0 Å². The maximum atomic E-state index is 12.7. The fraction of sp³-hybridized carbons (Fsp3) is 0.350. The third kappa shape index (κ3) is 3.62. The second-order valence-corrected chi connectivity index (χ2v) is 7.42. The van der Waals surface area contributed by atoms with Gasteiger partial charge in [-0.1, -0.05) is 29.3 Å². The molecule has 0 radical (unpaired) electrons. The normalized spacial score (nSPS) is 19.9. The lowest BCUT2D eigenvalue weighted by Crippen LogP contribution is -2.57. The third-order valence-electron chi connectivity index (χ3n) is 4.98. The van der Waals surface area contributed by atoms with Crippen molar-refractivity contribution in [3.05, 3.63) is 53.2 Å². The van der Waals surface area contributed by atoms with E-state index in [9.17, 15) is 9.59 Å². The van der Waals surface area contributed by atoms with Gasteiger partial charge in [-0.25, -0.2) is 4.98 Å². The summed E-state index contributed by atoms with van der Waals surface area (Å²) in [6, 6.07) is 11.2. The highest BCUT2D eigenvalue weighted by Crippen LogP contribution is 2.29. The topological polar surface area (TPSA) is 62.7 Å². The lowest BCUT2D eigenvalue weighted by atomic mass is 10.0. The molecule has 2 aliphatic heterocycles. The molecule has 2 saturated heterocycles. The predicted octanol–water partition coefficient (Wildman–Crippen LogP) is 2.69. The van der Waals surface area contributed by atoms with E-state index < -0.39 is 0 Å². The van der Waals surface area contributed by atoms with Crippen LogP contribution in [-0.2, 0) is 9.59 Å². The van der Waals surface area contributed by atoms with Crippen LogP contribution in [0.25, 0.3) is 0 Å². The number of carbonyl (C=O) groups excluding carboxylic acids is 2. The molecular formula is C20H20ClN3O3. The molecule has 2 amide bonds. The van der Waals surface area contributed by atoms with E-state index in [4.69, 9.17) is 16.3 Å². The molecule has 0 aliphatic carbocycles. The minimum absolute atomic E-state index is 0.00456. The largest absolute Gasteiger partial charge is 0.470 e. The highest BCUT2D eigenvalue weighted by atomic mass is 35.5. The molecule has 1 aromatic heterocycles. The lowest BCUT2D eigenvalue weighted by Gasteiger charge is -2.39. The minimum atomic E-state index is -0.307. The molecule has 0 saturated carbocycles. The van der Waals surface area contributed by atoms with Gasteiger partial charge in [-0.3, -0.25) is 9.59 Å². The molecule has 6 nitrogen and oxygen atoms in total. The molecule has 140 valence electrons. The molecule has 3 heterocycles. The Morgan fingerprint density at radius 3 is 2.63 bits per heavy atom. The summed E-state index contributed by atoms with van der Waals surface area (Å²) in [4.78, 5) is 32.6. The van der Waals surface area contributed by atoms with Crippen LogP contribution in [0.1, 0.15) is 12.0 Å². The molecule has 4 rings (SSSR count). The quantitative estimate of drug-likeness (QED) is 0.811. The van der Waals surface area contributed by atoms with E-state index in [1.165, 1.54) is 0 Å². The molecule has 1 atom stereocenters. The van der Waals surface area contributed by atoms with Crippen molar-refractivity contribution in [1.82, 2.24) is 9.88 Å². The zero-order chi connectivity index (χ0) is 19.0. The van der Waals surface area contributed by atoms with Crippen LogP contribution in [0.15, 0.2) is 42.6 Å². The Morgan fingerprint density at radius 2 is 1.93 bits per heavy atom. The monoisotopic (exact) mass is 385 g/mol. The number of likely N-dealkylation sites (tertiary alicyclic amines) is 1. The van der Waals surface area contributed by atoms with Gasteiger partial charge in [0.25, 0.3) is 0 Å². The number of anilines is 1. The fourth-order valence-corrected chi connectivity index (χ4v) is 3.58. The number of ether oxygens (including phenoxy) is 1. The molecule has 2 aromatic rings. The predicted molar refractivity (Wildman–Crippen MR) is 102 cm³/mol. The molecular weight excluding hydrogens is 366 g/mol. The van der Waals surface area contributed by atoms with Crippen LogP contribution < -0.4 is 9.64 Å². The number of benzene rings is 1. The Kier molecular flexibility index (Phi) is 4.74. The summed E-state index contributed by atoms with van der Waals surface area (Å²) in [6.07, 6.45) is 1.75. The summed E-state index contributed by atoms with van der Waals surface area (Å²) in [7, 11) is 0. The summed E-state index contributed by atoms with van der Waals surface area (Å²) < 4.78 is 5.73. The second-order valence-electron chi connectivity index (χ2n) is 7.01. The van der Waals surface area contributed by atoms with Gasteiger partial charge in [-0.05, 0) is 31.2 Å². The number of hydrogen-bond donors (Lipinski definition) is 0. The van der Waals surface area contributed by atoms with Crippen molar-refractivity contribution in [2.75, 3.05) is 24.5 Å². The van der Waals surface area contributed by atoms with Crippen molar-refractivity contribution in [1.29, 1.82) is 0 Å². The third-order valence-corrected chi connectivity index (χ3v) is 5.27. The molecule has 1 unspecified atom stereocenters. The first-order valence-electron chi connectivity index (χ1n) is 8.94. The first-order chi connectivity index (χ1) is 13.0. The van der Waals surface area contributed by atoms with Crippen molar-refractivity contribution in [3.8, 4) is 5.88 Å². The van der Waals surface area contributed by atoms with Gasteiger partial charge in [-0.15, -0.1) is 0 Å². The second kappa shape index (κ2) is 7.19. The van der Waals surface area contributed by atoms with Crippen molar-refractivity contribution >= 4 is 29.1 Å². The molecule has 0 bridgehead atoms. The van der Waals surface area contributed by atoms with Gasteiger partial charge in [-0.2, -0.15) is 0 Å². The van der Waals surface area contributed by atoms with Gasteiger partial charge in [0.15, 0.2) is 0 Å². The summed E-state index contributed by atoms with van der Waals surface area (Å²) in [5.41, 5.74) is 1.98. The number of nitrogens with zero attached hydrogens (tertiary/aromatic N) is 3. The Balaban J connectivity index is 1.33. The van der Waals surface area contributed by atoms with Gasteiger partial charge in [0, 0.05) is 24.8 Å². The standard InChI is InChI=1S/C20H20ClN3O3/c1-13-4-6-15(7-5-13)24-10-14(9-18(24)25)20(26)23-11-16(12-23)27-19-17(21)3-2-8-22-19/h2-8,14,16H,9-12H2,1H3. The van der Waals surface area contributed by atoms with E-state index in [1.807, 2.05) is 31.2 Å². The molecule has 2 aliphatic rings. The van der Waals surface area contributed by atoms with Crippen LogP contribution in [0.5, 0.6) is 5.88 Å². The van der Waals surface area contributed by atoms with Crippen LogP contribution in [-0.4, -0.2) is 47.4 Å². The molecule has 0 spiro atoms. The number of carbonyl (C=O) groups is 2. The summed E-state index contributed by atoms with van der Waals surface area (Å²) in [5, 5.41) is 0.456. The highest BCUT2D eigenvalue weighted by Gasteiger charge is 2.41. The van der Waals surface area contributed by atoms with E-state index in [0.717, 1.165) is 11.3 Å². The Bertz CT molecular complexity index is 865. The maximum Gasteiger partial charge on any atom is 0.232 e. The van der Waals surface area contributed by atoms with E-state index in [-0.39, 0.29) is 30.3 Å². The van der Waals surface area contributed by atoms with Crippen LogP contribution in [0.2, 0.25) is 5.02 Å². The first-order valence-corrected chi connectivity index (χ1v) is 9.32. The zero-order valence-electron chi connectivity index (χ0n) is 15.0. The molecule has 7 heteroatoms. The van der Waals surface area contributed by atoms with E-state index in [1.54, 1.807) is 28.1 Å². The van der Waals surface area contributed by atoms with Gasteiger partial charge in [0.1, 0.15) is 11.1 Å². The minimum Gasteiger partial charge on any atom is -0.470 e. The number of aryl methyl sites for hydroxylation is 1. The molecule has 27 heavy (non-hydrogen) atoms. The number of amides is 2. The molecule has 0 N–H and O–H groups in total. The Morgan fingerprint density at radius 1 is 1.19 bits per heavy atom. The highest BCUT2D eigenvalue weighted by molar-refractivity contribution is 6.31. The van der Waals surface area contributed by atoms with Crippen molar-refractivity contribution in [2.45, 2.75) is 19.4 Å². The fourth-order valence-electron chi connectivity index (χ4n) is 3.41. The Labute approximate surface area is 162 Å². The average Bonchev–Trinajstić information content (AvgIpc) is 3.01. The smallest absolute Gasteiger partial charge is 0.232 e. The average molecular weight is 386 g/mol. The van der Waals surface area contributed by atoms with Crippen molar-refractivity contribution < 1.29 is 14.3 Å². The number of rotatable bonds is 4. The van der Waals surface area contributed by atoms with Crippen LogP contribution in [0.4, 0.5) is 5.69 Å². The van der Waals surface area contributed by atoms with E-state index >= 15 is 0 Å². The van der Waals surface area contributed by atoms with Crippen LogP contribution in [0, 0.1) is 12.8 Å². The number of hydrogen-bond acceptors (Lipinski definition) is 4. The molecule has 1 aromatic carbocycles. The number of pyridine rings is 1. The number of halogens is 1. The SMILES string of the molecule is Cc1ccc(N2CC(C(=O)N3CC(Oc4ncccc4Cl)C3)CC2=O)cc1. The van der Waals surface area contributed by atoms with Crippen LogP contribution >= 0.6 is 11.6 Å². The van der Waals surface area contributed by atoms with E-state index in [0.29, 0.717) is 30.5 Å². The summed E-state index contributed by atoms with van der Waals surface area (Å²) >= 11 is 6.04. The molecule has 2 fully saturated rings. The van der Waals surface area contributed by atoms with E-state index in [2.05, 4.69) is 4.98 Å². The summed E-state index contributed by atoms with van der Waals surface area (Å²) in [5.74, 6) is 0.0757. The van der Waals surface area contributed by atoms with Gasteiger partial charge >= 0.3 is 0 Å². The van der Waals surface area contributed by atoms with Gasteiger partial charge in [0.05, 0.1) is 19.0 Å². The first kappa shape index (κ1) is 17.8. The Hall–Kier alpha value is -2.60. The van der Waals surface area contributed by atoms with Gasteiger partial charge in [0.2, 0.25) is 17.7 Å². The number of aromatic nitrogens is 1. The lowest BCUT2D eigenvalue weighted by molar-refractivity contribution is -0.144.